The van der Waals surface area contributed by atoms with E-state index < -0.39 is 10.0 Å². The minimum atomic E-state index is -3.39. The van der Waals surface area contributed by atoms with Crippen molar-refractivity contribution in [3.05, 3.63) is 24.5 Å². The Labute approximate surface area is 115 Å². The second-order valence-corrected chi connectivity index (χ2v) is 6.78. The van der Waals surface area contributed by atoms with E-state index in [4.69, 9.17) is 0 Å². The van der Waals surface area contributed by atoms with Crippen LogP contribution in [0.2, 0.25) is 0 Å². The second kappa shape index (κ2) is 6.45. The summed E-state index contributed by atoms with van der Waals surface area (Å²) in [6, 6.07) is 3.52. The van der Waals surface area contributed by atoms with Gasteiger partial charge in [-0.15, -0.1) is 0 Å². The molecule has 1 fully saturated rings. The minimum Gasteiger partial charge on any atom is -0.313 e. The van der Waals surface area contributed by atoms with Gasteiger partial charge in [0.2, 0.25) is 10.0 Å². The number of rotatable bonds is 5. The predicted molar refractivity (Wildman–Crippen MR) is 74.3 cm³/mol. The van der Waals surface area contributed by atoms with Gasteiger partial charge in [-0.05, 0) is 37.9 Å². The molecule has 0 aromatic carbocycles. The number of nitrogens with one attached hydrogen (secondary N) is 1. The van der Waals surface area contributed by atoms with Crippen molar-refractivity contribution in [3.8, 4) is 0 Å². The predicted octanol–water partition coefficient (Wildman–Crippen LogP) is 1.23. The highest BCUT2D eigenvalue weighted by molar-refractivity contribution is 7.89. The molecule has 106 valence electrons. The highest BCUT2D eigenvalue weighted by Gasteiger charge is 2.29. The number of sulfonamides is 1. The van der Waals surface area contributed by atoms with Crippen LogP contribution in [-0.2, 0) is 10.0 Å². The van der Waals surface area contributed by atoms with Crippen molar-refractivity contribution in [1.82, 2.24) is 14.6 Å². The molecule has 1 aromatic heterocycles. The standard InChI is InChI=1S/C13H21N3O2S/c1-2-7-15-12-5-4-9-16(11-12)19(17,18)13-6-3-8-14-10-13/h3,6,8,10,12,15H,2,4-5,7,9,11H2,1H3. The fraction of sp³-hybridized carbons (Fsp3) is 0.615. The summed E-state index contributed by atoms with van der Waals surface area (Å²) < 4.78 is 26.5. The molecule has 1 atom stereocenters. The lowest BCUT2D eigenvalue weighted by molar-refractivity contribution is 0.284. The quantitative estimate of drug-likeness (QED) is 0.883. The summed E-state index contributed by atoms with van der Waals surface area (Å²) >= 11 is 0. The molecule has 2 rings (SSSR count). The van der Waals surface area contributed by atoms with Crippen LogP contribution in [0.25, 0.3) is 0 Å². The number of piperidine rings is 1. The Bertz CT molecular complexity index is 490. The Morgan fingerprint density at radius 3 is 3.05 bits per heavy atom. The van der Waals surface area contributed by atoms with Crippen molar-refractivity contribution >= 4 is 10.0 Å². The first-order chi connectivity index (χ1) is 9.14. The number of hydrogen-bond donors (Lipinski definition) is 1. The number of pyridine rings is 1. The molecule has 1 aromatic rings. The van der Waals surface area contributed by atoms with Gasteiger partial charge in [0.25, 0.3) is 0 Å². The van der Waals surface area contributed by atoms with Crippen LogP contribution < -0.4 is 5.32 Å². The number of aromatic nitrogens is 1. The molecule has 1 unspecified atom stereocenters. The Kier molecular flexibility index (Phi) is 4.90. The largest absolute Gasteiger partial charge is 0.313 e. The van der Waals surface area contributed by atoms with Gasteiger partial charge in [0.05, 0.1) is 0 Å². The second-order valence-electron chi connectivity index (χ2n) is 4.85. The summed E-state index contributed by atoms with van der Waals surface area (Å²) in [4.78, 5) is 4.18. The lowest BCUT2D eigenvalue weighted by Crippen LogP contribution is -2.48. The van der Waals surface area contributed by atoms with E-state index in [1.54, 1.807) is 22.6 Å². The molecular weight excluding hydrogens is 262 g/mol. The molecule has 1 N–H and O–H groups in total. The monoisotopic (exact) mass is 283 g/mol. The fourth-order valence-electron chi connectivity index (χ4n) is 2.32. The number of nitrogens with zero attached hydrogens (tertiary/aromatic N) is 2. The Balaban J connectivity index is 2.08. The molecule has 0 radical (unpaired) electrons. The SMILES string of the molecule is CCCNC1CCCN(S(=O)(=O)c2cccnc2)C1. The van der Waals surface area contributed by atoms with Crippen LogP contribution in [0, 0.1) is 0 Å². The van der Waals surface area contributed by atoms with Gasteiger partial charge in [0.1, 0.15) is 4.90 Å². The molecular formula is C13H21N3O2S. The van der Waals surface area contributed by atoms with Gasteiger partial charge in [-0.25, -0.2) is 8.42 Å². The maximum atomic E-state index is 12.5. The zero-order chi connectivity index (χ0) is 13.7. The van der Waals surface area contributed by atoms with Crippen LogP contribution >= 0.6 is 0 Å². The third-order valence-electron chi connectivity index (χ3n) is 3.34. The Hall–Kier alpha value is -0.980. The van der Waals surface area contributed by atoms with Crippen molar-refractivity contribution < 1.29 is 8.42 Å². The summed E-state index contributed by atoms with van der Waals surface area (Å²) in [6.45, 7) is 4.20. The number of hydrogen-bond acceptors (Lipinski definition) is 4. The summed E-state index contributed by atoms with van der Waals surface area (Å²) in [5.74, 6) is 0. The van der Waals surface area contributed by atoms with E-state index >= 15 is 0 Å². The van der Waals surface area contributed by atoms with E-state index in [1.165, 1.54) is 6.20 Å². The van der Waals surface area contributed by atoms with Crippen LogP contribution in [0.3, 0.4) is 0 Å². The van der Waals surface area contributed by atoms with Crippen molar-refractivity contribution in [2.75, 3.05) is 19.6 Å². The summed E-state index contributed by atoms with van der Waals surface area (Å²) in [6.07, 6.45) is 6.00. The van der Waals surface area contributed by atoms with E-state index in [2.05, 4.69) is 17.2 Å². The van der Waals surface area contributed by atoms with E-state index in [1.807, 2.05) is 0 Å². The summed E-state index contributed by atoms with van der Waals surface area (Å²) in [5, 5.41) is 3.40. The van der Waals surface area contributed by atoms with E-state index in [-0.39, 0.29) is 10.9 Å². The molecule has 0 bridgehead atoms. The lowest BCUT2D eigenvalue weighted by Gasteiger charge is -2.32. The van der Waals surface area contributed by atoms with Gasteiger partial charge in [-0.3, -0.25) is 4.98 Å². The maximum absolute atomic E-state index is 12.5. The third-order valence-corrected chi connectivity index (χ3v) is 5.19. The molecule has 6 heteroatoms. The average Bonchev–Trinajstić information content (AvgIpc) is 2.46. The molecule has 19 heavy (non-hydrogen) atoms. The zero-order valence-electron chi connectivity index (χ0n) is 11.2. The van der Waals surface area contributed by atoms with Crippen molar-refractivity contribution in [2.45, 2.75) is 37.1 Å². The van der Waals surface area contributed by atoms with Gasteiger partial charge in [-0.2, -0.15) is 4.31 Å². The highest BCUT2D eigenvalue weighted by atomic mass is 32.2. The minimum absolute atomic E-state index is 0.264. The van der Waals surface area contributed by atoms with Crippen LogP contribution in [0.15, 0.2) is 29.4 Å². The Morgan fingerprint density at radius 2 is 2.37 bits per heavy atom. The van der Waals surface area contributed by atoms with Crippen LogP contribution in [0.4, 0.5) is 0 Å². The third kappa shape index (κ3) is 3.52. The van der Waals surface area contributed by atoms with Crippen molar-refractivity contribution in [1.29, 1.82) is 0 Å². The van der Waals surface area contributed by atoms with Gasteiger partial charge in [0.15, 0.2) is 0 Å². The average molecular weight is 283 g/mol. The zero-order valence-corrected chi connectivity index (χ0v) is 12.1. The smallest absolute Gasteiger partial charge is 0.244 e. The van der Waals surface area contributed by atoms with E-state index in [0.29, 0.717) is 13.1 Å². The first kappa shape index (κ1) is 14.4. The summed E-state index contributed by atoms with van der Waals surface area (Å²) in [7, 11) is -3.39. The lowest BCUT2D eigenvalue weighted by atomic mass is 10.1. The first-order valence-electron chi connectivity index (χ1n) is 6.78. The normalized spacial score (nSPS) is 21.4. The van der Waals surface area contributed by atoms with Crippen LogP contribution in [0.1, 0.15) is 26.2 Å². The molecule has 0 spiro atoms. The van der Waals surface area contributed by atoms with E-state index in [9.17, 15) is 8.42 Å². The van der Waals surface area contributed by atoms with Gasteiger partial charge < -0.3 is 5.32 Å². The topological polar surface area (TPSA) is 62.3 Å². The molecule has 5 nitrogen and oxygen atoms in total. The maximum Gasteiger partial charge on any atom is 0.244 e. The van der Waals surface area contributed by atoms with Gasteiger partial charge >= 0.3 is 0 Å². The van der Waals surface area contributed by atoms with Crippen molar-refractivity contribution in [2.24, 2.45) is 0 Å². The van der Waals surface area contributed by atoms with Gasteiger partial charge in [0, 0.05) is 31.5 Å². The van der Waals surface area contributed by atoms with Crippen LogP contribution in [0.5, 0.6) is 0 Å². The highest BCUT2D eigenvalue weighted by Crippen LogP contribution is 2.19. The molecule has 1 aliphatic heterocycles. The molecule has 0 amide bonds. The molecule has 0 aliphatic carbocycles. The molecule has 1 aliphatic rings. The summed E-state index contributed by atoms with van der Waals surface area (Å²) in [5.41, 5.74) is 0. The van der Waals surface area contributed by atoms with Crippen LogP contribution in [-0.4, -0.2) is 43.4 Å². The first-order valence-corrected chi connectivity index (χ1v) is 8.22. The van der Waals surface area contributed by atoms with E-state index in [0.717, 1.165) is 25.8 Å². The molecule has 2 heterocycles. The van der Waals surface area contributed by atoms with Gasteiger partial charge in [-0.1, -0.05) is 6.92 Å². The molecule has 0 saturated carbocycles. The fourth-order valence-corrected chi connectivity index (χ4v) is 3.81. The van der Waals surface area contributed by atoms with Crippen molar-refractivity contribution in [3.63, 3.8) is 0 Å². The Morgan fingerprint density at radius 1 is 1.53 bits per heavy atom. The molecule has 1 saturated heterocycles.